The highest BCUT2D eigenvalue weighted by molar-refractivity contribution is 5.63. The highest BCUT2D eigenvalue weighted by Gasteiger charge is 2.31. The lowest BCUT2D eigenvalue weighted by atomic mass is 10.1. The molecule has 0 spiro atoms. The quantitative estimate of drug-likeness (QED) is 0.701. The van der Waals surface area contributed by atoms with Crippen LogP contribution < -0.4 is 5.73 Å². The number of alkyl halides is 3. The first-order chi connectivity index (χ1) is 9.93. The lowest BCUT2D eigenvalue weighted by molar-refractivity contribution is -0.137. The van der Waals surface area contributed by atoms with Crippen molar-refractivity contribution in [1.29, 1.82) is 0 Å². The summed E-state index contributed by atoms with van der Waals surface area (Å²) >= 11 is 0. The Morgan fingerprint density at radius 2 is 2.00 bits per heavy atom. The van der Waals surface area contributed by atoms with Crippen molar-refractivity contribution in [1.82, 2.24) is 25.6 Å². The van der Waals surface area contributed by atoms with Crippen LogP contribution in [0.5, 0.6) is 0 Å². The van der Waals surface area contributed by atoms with Crippen LogP contribution in [-0.2, 0) is 6.18 Å². The first-order valence-corrected chi connectivity index (χ1v) is 5.61. The standard InChI is InChI=1S/C11H7F3N6O/c12-11(13,14)6-1-5(2-7(15)3-6)10-17-9(19-21-10)8-4-16-20-18-8/h1-4H,15H2,(H,16,18,20). The number of benzene rings is 1. The predicted octanol–water partition coefficient (Wildman–Crippen LogP) is 2.12. The molecule has 0 saturated carbocycles. The Morgan fingerprint density at radius 3 is 2.67 bits per heavy atom. The van der Waals surface area contributed by atoms with Crippen LogP contribution >= 0.6 is 0 Å². The average Bonchev–Trinajstić information content (AvgIpc) is 3.08. The minimum absolute atomic E-state index is 0.0546. The molecule has 0 bridgehead atoms. The Morgan fingerprint density at radius 1 is 1.19 bits per heavy atom. The van der Waals surface area contributed by atoms with Gasteiger partial charge >= 0.3 is 6.18 Å². The third kappa shape index (κ3) is 2.55. The molecular formula is C11H7F3N6O. The molecule has 0 fully saturated rings. The van der Waals surface area contributed by atoms with Crippen molar-refractivity contribution in [3.63, 3.8) is 0 Å². The number of aromatic amines is 1. The molecule has 3 rings (SSSR count). The van der Waals surface area contributed by atoms with E-state index in [1.807, 2.05) is 0 Å². The molecule has 0 radical (unpaired) electrons. The zero-order valence-electron chi connectivity index (χ0n) is 10.2. The molecule has 21 heavy (non-hydrogen) atoms. The van der Waals surface area contributed by atoms with E-state index < -0.39 is 11.7 Å². The van der Waals surface area contributed by atoms with Crippen molar-refractivity contribution in [3.05, 3.63) is 30.0 Å². The number of halogens is 3. The molecule has 0 aliphatic carbocycles. The maximum Gasteiger partial charge on any atom is 0.416 e. The summed E-state index contributed by atoms with van der Waals surface area (Å²) in [6, 6.07) is 3.03. The summed E-state index contributed by atoms with van der Waals surface area (Å²) < 4.78 is 43.2. The van der Waals surface area contributed by atoms with Crippen molar-refractivity contribution >= 4 is 5.69 Å². The third-order valence-corrected chi connectivity index (χ3v) is 2.60. The molecule has 2 aromatic heterocycles. The van der Waals surface area contributed by atoms with Crippen LogP contribution in [0.4, 0.5) is 18.9 Å². The van der Waals surface area contributed by atoms with Crippen molar-refractivity contribution in [2.45, 2.75) is 6.18 Å². The van der Waals surface area contributed by atoms with Crippen LogP contribution in [0.25, 0.3) is 23.0 Å². The van der Waals surface area contributed by atoms with Gasteiger partial charge in [0.15, 0.2) is 5.69 Å². The summed E-state index contributed by atoms with van der Waals surface area (Å²) in [5, 5.41) is 13.3. The van der Waals surface area contributed by atoms with Gasteiger partial charge in [-0.2, -0.15) is 33.6 Å². The van der Waals surface area contributed by atoms with Gasteiger partial charge in [0, 0.05) is 11.3 Å². The number of nitrogen functional groups attached to an aromatic ring is 1. The highest BCUT2D eigenvalue weighted by Crippen LogP contribution is 2.34. The van der Waals surface area contributed by atoms with Gasteiger partial charge in [-0.1, -0.05) is 5.16 Å². The van der Waals surface area contributed by atoms with Gasteiger partial charge in [0.05, 0.1) is 11.8 Å². The Bertz CT molecular complexity index is 765. The van der Waals surface area contributed by atoms with Crippen molar-refractivity contribution in [2.24, 2.45) is 0 Å². The van der Waals surface area contributed by atoms with Gasteiger partial charge < -0.3 is 10.3 Å². The van der Waals surface area contributed by atoms with Gasteiger partial charge in [0.25, 0.3) is 5.89 Å². The van der Waals surface area contributed by atoms with Gasteiger partial charge in [-0.15, -0.1) is 0 Å². The molecule has 1 aromatic carbocycles. The fourth-order valence-corrected chi connectivity index (χ4v) is 1.69. The van der Waals surface area contributed by atoms with E-state index in [-0.39, 0.29) is 23.0 Å². The van der Waals surface area contributed by atoms with Gasteiger partial charge in [-0.05, 0) is 18.2 Å². The van der Waals surface area contributed by atoms with Gasteiger partial charge in [0.2, 0.25) is 5.82 Å². The van der Waals surface area contributed by atoms with E-state index in [1.165, 1.54) is 12.3 Å². The predicted molar refractivity (Wildman–Crippen MR) is 64.5 cm³/mol. The van der Waals surface area contributed by atoms with E-state index in [2.05, 4.69) is 25.6 Å². The Balaban J connectivity index is 2.03. The SMILES string of the molecule is Nc1cc(-c2nc(-c3cn[nH]n3)no2)cc(C(F)(F)F)c1. The molecule has 0 saturated heterocycles. The van der Waals surface area contributed by atoms with E-state index in [1.54, 1.807) is 0 Å². The smallest absolute Gasteiger partial charge is 0.399 e. The van der Waals surface area contributed by atoms with Crippen molar-refractivity contribution in [3.8, 4) is 23.0 Å². The van der Waals surface area contributed by atoms with E-state index in [4.69, 9.17) is 10.3 Å². The molecule has 0 aliphatic rings. The topological polar surface area (TPSA) is 107 Å². The largest absolute Gasteiger partial charge is 0.416 e. The van der Waals surface area contributed by atoms with Crippen molar-refractivity contribution < 1.29 is 17.7 Å². The Hall–Kier alpha value is -2.91. The number of hydrogen-bond donors (Lipinski definition) is 2. The molecule has 2 heterocycles. The average molecular weight is 296 g/mol. The maximum atomic E-state index is 12.7. The lowest BCUT2D eigenvalue weighted by Crippen LogP contribution is -2.06. The van der Waals surface area contributed by atoms with Crippen LogP contribution in [0.15, 0.2) is 28.9 Å². The number of nitrogens with one attached hydrogen (secondary N) is 1. The molecular weight excluding hydrogens is 289 g/mol. The van der Waals surface area contributed by atoms with Gasteiger partial charge in [-0.3, -0.25) is 0 Å². The molecule has 10 heteroatoms. The fraction of sp³-hybridized carbons (Fsp3) is 0.0909. The van der Waals surface area contributed by atoms with E-state index in [0.29, 0.717) is 5.69 Å². The first-order valence-electron chi connectivity index (χ1n) is 5.61. The molecule has 3 N–H and O–H groups in total. The van der Waals surface area contributed by atoms with E-state index >= 15 is 0 Å². The van der Waals surface area contributed by atoms with Crippen molar-refractivity contribution in [2.75, 3.05) is 5.73 Å². The van der Waals surface area contributed by atoms with Gasteiger partial charge in [0.1, 0.15) is 0 Å². The molecule has 3 aromatic rings. The maximum absolute atomic E-state index is 12.7. The number of nitrogens with two attached hydrogens (primary N) is 1. The zero-order chi connectivity index (χ0) is 15.0. The van der Waals surface area contributed by atoms with E-state index in [9.17, 15) is 13.2 Å². The number of rotatable bonds is 2. The Kier molecular flexibility index (Phi) is 2.85. The number of aromatic nitrogens is 5. The zero-order valence-corrected chi connectivity index (χ0v) is 10.2. The van der Waals surface area contributed by atoms with Gasteiger partial charge in [-0.25, -0.2) is 0 Å². The van der Waals surface area contributed by atoms with Crippen LogP contribution in [0, 0.1) is 0 Å². The third-order valence-electron chi connectivity index (χ3n) is 2.60. The van der Waals surface area contributed by atoms with Crippen LogP contribution in [0.3, 0.4) is 0 Å². The molecule has 108 valence electrons. The highest BCUT2D eigenvalue weighted by atomic mass is 19.4. The molecule has 7 nitrogen and oxygen atoms in total. The summed E-state index contributed by atoms with van der Waals surface area (Å²) in [7, 11) is 0. The second kappa shape index (κ2) is 4.58. The molecule has 0 aliphatic heterocycles. The summed E-state index contributed by atoms with van der Waals surface area (Å²) in [6.07, 6.45) is -3.16. The Labute approximate surface area is 115 Å². The number of H-pyrrole nitrogens is 1. The van der Waals surface area contributed by atoms with E-state index in [0.717, 1.165) is 12.1 Å². The first kappa shape index (κ1) is 13.1. The second-order valence-electron chi connectivity index (χ2n) is 4.12. The normalized spacial score (nSPS) is 11.8. The second-order valence-corrected chi connectivity index (χ2v) is 4.12. The molecule has 0 atom stereocenters. The fourth-order valence-electron chi connectivity index (χ4n) is 1.69. The van der Waals surface area contributed by atoms with Crippen LogP contribution in [0.1, 0.15) is 5.56 Å². The minimum Gasteiger partial charge on any atom is -0.399 e. The molecule has 0 unspecified atom stereocenters. The number of anilines is 1. The number of hydrogen-bond acceptors (Lipinski definition) is 6. The minimum atomic E-state index is -4.51. The van der Waals surface area contributed by atoms with Crippen LogP contribution in [0.2, 0.25) is 0 Å². The summed E-state index contributed by atoms with van der Waals surface area (Å²) in [5.41, 5.74) is 4.92. The van der Waals surface area contributed by atoms with Crippen LogP contribution in [-0.4, -0.2) is 25.6 Å². The summed E-state index contributed by atoms with van der Waals surface area (Å²) in [4.78, 5) is 3.96. The monoisotopic (exact) mass is 296 g/mol. The summed E-state index contributed by atoms with van der Waals surface area (Å²) in [6.45, 7) is 0. The lowest BCUT2D eigenvalue weighted by Gasteiger charge is -2.08. The number of nitrogens with zero attached hydrogens (tertiary/aromatic N) is 4. The summed E-state index contributed by atoms with van der Waals surface area (Å²) in [5.74, 6) is 0.0144. The molecule has 0 amide bonds.